The van der Waals surface area contributed by atoms with Crippen molar-refractivity contribution in [2.24, 2.45) is 0 Å². The van der Waals surface area contributed by atoms with Crippen LogP contribution in [0.2, 0.25) is 0 Å². The fraction of sp³-hybridized carbons (Fsp3) is 0.250. The highest BCUT2D eigenvalue weighted by molar-refractivity contribution is 8.02. The Bertz CT molecular complexity index is 920. The molecular formula is C20H21N3O2S2. The average molecular weight is 400 g/mol. The number of aromatic nitrogens is 1. The van der Waals surface area contributed by atoms with Crippen molar-refractivity contribution in [3.8, 4) is 0 Å². The second-order valence-electron chi connectivity index (χ2n) is 6.32. The van der Waals surface area contributed by atoms with Crippen molar-refractivity contribution in [3.63, 3.8) is 0 Å². The van der Waals surface area contributed by atoms with Crippen LogP contribution in [-0.2, 0) is 9.59 Å². The van der Waals surface area contributed by atoms with Crippen LogP contribution in [0.15, 0.2) is 52.9 Å². The molecule has 27 heavy (non-hydrogen) atoms. The lowest BCUT2D eigenvalue weighted by atomic mass is 10.2. The molecule has 0 aliphatic rings. The van der Waals surface area contributed by atoms with Crippen LogP contribution >= 0.6 is 23.1 Å². The first kappa shape index (κ1) is 19.4. The molecule has 1 N–H and O–H groups in total. The molecule has 1 unspecified atom stereocenters. The fourth-order valence-corrected chi connectivity index (χ4v) is 4.87. The normalized spacial score (nSPS) is 12.0. The molecule has 1 atom stereocenters. The number of amides is 2. The second kappa shape index (κ2) is 8.54. The first-order valence-electron chi connectivity index (χ1n) is 8.56. The van der Waals surface area contributed by atoms with Crippen LogP contribution in [0.3, 0.4) is 0 Å². The van der Waals surface area contributed by atoms with Crippen molar-refractivity contribution >= 4 is 50.8 Å². The second-order valence-corrected chi connectivity index (χ2v) is 8.93. The zero-order valence-corrected chi connectivity index (χ0v) is 17.1. The third-order valence-electron chi connectivity index (χ3n) is 3.99. The number of fused-ring (bicyclic) bond motifs is 1. The standard InChI is InChI=1S/C20H21N3O2S2/c1-13-8-10-15(11-9-13)21-18(24)12-23(3)19(25)14(2)26-20-22-16-6-4-5-7-17(16)27-20/h4-11,14H,12H2,1-3H3,(H,21,24). The summed E-state index contributed by atoms with van der Waals surface area (Å²) in [6.45, 7) is 3.84. The van der Waals surface area contributed by atoms with Crippen molar-refractivity contribution in [1.82, 2.24) is 9.88 Å². The number of hydrogen-bond acceptors (Lipinski definition) is 5. The minimum absolute atomic E-state index is 0.0114. The number of nitrogens with zero attached hydrogens (tertiary/aromatic N) is 2. The Balaban J connectivity index is 1.55. The van der Waals surface area contributed by atoms with Gasteiger partial charge in [-0.2, -0.15) is 0 Å². The van der Waals surface area contributed by atoms with Crippen molar-refractivity contribution in [2.45, 2.75) is 23.4 Å². The summed E-state index contributed by atoms with van der Waals surface area (Å²) in [5.74, 6) is -0.315. The molecule has 0 aliphatic carbocycles. The summed E-state index contributed by atoms with van der Waals surface area (Å²) in [6.07, 6.45) is 0. The van der Waals surface area contributed by atoms with Gasteiger partial charge in [0, 0.05) is 12.7 Å². The number of anilines is 1. The molecule has 0 saturated heterocycles. The number of hydrogen-bond donors (Lipinski definition) is 1. The highest BCUT2D eigenvalue weighted by Gasteiger charge is 2.22. The van der Waals surface area contributed by atoms with E-state index < -0.39 is 0 Å². The van der Waals surface area contributed by atoms with Gasteiger partial charge in [-0.15, -0.1) is 11.3 Å². The van der Waals surface area contributed by atoms with Gasteiger partial charge in [0.1, 0.15) is 0 Å². The van der Waals surface area contributed by atoms with Crippen LogP contribution in [0.4, 0.5) is 5.69 Å². The Kier molecular flexibility index (Phi) is 6.13. The van der Waals surface area contributed by atoms with Gasteiger partial charge in [-0.3, -0.25) is 9.59 Å². The maximum Gasteiger partial charge on any atom is 0.243 e. The SMILES string of the molecule is Cc1ccc(NC(=O)CN(C)C(=O)C(C)Sc2nc3ccccc3s2)cc1. The van der Waals surface area contributed by atoms with E-state index in [2.05, 4.69) is 10.3 Å². The number of carbonyl (C=O) groups excluding carboxylic acids is 2. The number of rotatable bonds is 6. The molecule has 2 amide bonds. The van der Waals surface area contributed by atoms with Crippen LogP contribution in [0.25, 0.3) is 10.2 Å². The number of thioether (sulfide) groups is 1. The Hall–Kier alpha value is -2.38. The molecule has 7 heteroatoms. The number of nitrogens with one attached hydrogen (secondary N) is 1. The van der Waals surface area contributed by atoms with Gasteiger partial charge in [0.05, 0.1) is 22.0 Å². The van der Waals surface area contributed by atoms with E-state index in [-0.39, 0.29) is 23.6 Å². The molecule has 0 bridgehead atoms. The van der Waals surface area contributed by atoms with E-state index in [1.165, 1.54) is 16.7 Å². The Labute approximate surface area is 166 Å². The van der Waals surface area contributed by atoms with Crippen LogP contribution in [-0.4, -0.2) is 40.5 Å². The van der Waals surface area contributed by atoms with Crippen molar-refractivity contribution < 1.29 is 9.59 Å². The summed E-state index contributed by atoms with van der Waals surface area (Å²) < 4.78 is 1.96. The van der Waals surface area contributed by atoms with E-state index in [1.807, 2.05) is 62.4 Å². The molecule has 0 aliphatic heterocycles. The van der Waals surface area contributed by atoms with Crippen LogP contribution in [0.5, 0.6) is 0 Å². The summed E-state index contributed by atoms with van der Waals surface area (Å²) in [6, 6.07) is 15.5. The lowest BCUT2D eigenvalue weighted by Crippen LogP contribution is -2.38. The van der Waals surface area contributed by atoms with E-state index in [0.717, 1.165) is 25.8 Å². The molecule has 3 rings (SSSR count). The molecule has 1 aromatic heterocycles. The zero-order valence-electron chi connectivity index (χ0n) is 15.4. The van der Waals surface area contributed by atoms with E-state index >= 15 is 0 Å². The highest BCUT2D eigenvalue weighted by atomic mass is 32.2. The predicted molar refractivity (Wildman–Crippen MR) is 112 cm³/mol. The summed E-state index contributed by atoms with van der Waals surface area (Å²) in [5, 5.41) is 2.49. The maximum atomic E-state index is 12.6. The third-order valence-corrected chi connectivity index (χ3v) is 6.21. The quantitative estimate of drug-likeness (QED) is 0.632. The molecule has 140 valence electrons. The molecule has 2 aromatic carbocycles. The van der Waals surface area contributed by atoms with Gasteiger partial charge in [0.15, 0.2) is 4.34 Å². The van der Waals surface area contributed by atoms with Crippen molar-refractivity contribution in [1.29, 1.82) is 0 Å². The Morgan fingerprint density at radius 1 is 1.19 bits per heavy atom. The number of aryl methyl sites for hydroxylation is 1. The Morgan fingerprint density at radius 2 is 1.89 bits per heavy atom. The number of thiazole rings is 1. The lowest BCUT2D eigenvalue weighted by Gasteiger charge is -2.20. The molecule has 0 saturated carbocycles. The predicted octanol–water partition coefficient (Wildman–Crippen LogP) is 4.18. The van der Waals surface area contributed by atoms with Gasteiger partial charge >= 0.3 is 0 Å². The summed E-state index contributed by atoms with van der Waals surface area (Å²) in [7, 11) is 1.65. The van der Waals surface area contributed by atoms with Gasteiger partial charge in [-0.25, -0.2) is 4.98 Å². The molecule has 0 fully saturated rings. The van der Waals surface area contributed by atoms with Crippen molar-refractivity contribution in [3.05, 3.63) is 54.1 Å². The maximum absolute atomic E-state index is 12.6. The zero-order chi connectivity index (χ0) is 19.4. The summed E-state index contributed by atoms with van der Waals surface area (Å²) in [4.78, 5) is 30.8. The summed E-state index contributed by atoms with van der Waals surface area (Å²) in [5.41, 5.74) is 2.79. The van der Waals surface area contributed by atoms with E-state index in [9.17, 15) is 9.59 Å². The van der Waals surface area contributed by atoms with Crippen molar-refractivity contribution in [2.75, 3.05) is 18.9 Å². The number of carbonyl (C=O) groups is 2. The van der Waals surface area contributed by atoms with E-state index in [4.69, 9.17) is 0 Å². The largest absolute Gasteiger partial charge is 0.335 e. The fourth-order valence-electron chi connectivity index (χ4n) is 2.54. The molecule has 5 nitrogen and oxygen atoms in total. The third kappa shape index (κ3) is 5.08. The minimum Gasteiger partial charge on any atom is -0.335 e. The molecule has 0 radical (unpaired) electrons. The van der Waals surface area contributed by atoms with E-state index in [0.29, 0.717) is 0 Å². The molecule has 0 spiro atoms. The van der Waals surface area contributed by atoms with Gasteiger partial charge in [0.25, 0.3) is 0 Å². The van der Waals surface area contributed by atoms with Gasteiger partial charge in [-0.05, 0) is 38.1 Å². The van der Waals surface area contributed by atoms with Gasteiger partial charge in [0.2, 0.25) is 11.8 Å². The average Bonchev–Trinajstić information content (AvgIpc) is 3.05. The first-order valence-corrected chi connectivity index (χ1v) is 10.3. The first-order chi connectivity index (χ1) is 12.9. The monoisotopic (exact) mass is 399 g/mol. The smallest absolute Gasteiger partial charge is 0.243 e. The number of benzene rings is 2. The topological polar surface area (TPSA) is 62.3 Å². The van der Waals surface area contributed by atoms with Gasteiger partial charge in [-0.1, -0.05) is 41.6 Å². The number of likely N-dealkylation sites (N-methyl/N-ethyl adjacent to an activating group) is 1. The lowest BCUT2D eigenvalue weighted by molar-refractivity contribution is -0.132. The highest BCUT2D eigenvalue weighted by Crippen LogP contribution is 2.32. The molecule has 3 aromatic rings. The Morgan fingerprint density at radius 3 is 2.59 bits per heavy atom. The van der Waals surface area contributed by atoms with Crippen LogP contribution in [0, 0.1) is 6.92 Å². The minimum atomic E-state index is -0.317. The molecule has 1 heterocycles. The van der Waals surface area contributed by atoms with Crippen LogP contribution in [0.1, 0.15) is 12.5 Å². The number of para-hydroxylation sites is 1. The van der Waals surface area contributed by atoms with Crippen LogP contribution < -0.4 is 5.32 Å². The summed E-state index contributed by atoms with van der Waals surface area (Å²) >= 11 is 3.00. The van der Waals surface area contributed by atoms with Gasteiger partial charge < -0.3 is 10.2 Å². The molecular weight excluding hydrogens is 378 g/mol. The van der Waals surface area contributed by atoms with E-state index in [1.54, 1.807) is 18.4 Å².